The molecular weight excluding hydrogens is 532 g/mol. The number of rotatable bonds is 14. The van der Waals surface area contributed by atoms with Crippen LogP contribution in [0.4, 0.5) is 0 Å². The molecule has 0 saturated carbocycles. The molecule has 13 nitrogen and oxygen atoms in total. The molecule has 0 aliphatic heterocycles. The van der Waals surface area contributed by atoms with Gasteiger partial charge in [-0.25, -0.2) is 4.79 Å². The minimum atomic E-state index is -1.27. The first-order valence-corrected chi connectivity index (χ1v) is 12.9. The van der Waals surface area contributed by atoms with Gasteiger partial charge in [0, 0.05) is 36.4 Å². The van der Waals surface area contributed by atoms with Crippen LogP contribution in [0.1, 0.15) is 30.9 Å². The molecule has 0 bridgehead atoms. The number of primary amides is 1. The van der Waals surface area contributed by atoms with E-state index in [-0.39, 0.29) is 31.4 Å². The highest BCUT2D eigenvalue weighted by molar-refractivity contribution is 5.94. The van der Waals surface area contributed by atoms with Crippen molar-refractivity contribution in [3.05, 3.63) is 65.9 Å². The Morgan fingerprint density at radius 2 is 1.54 bits per heavy atom. The number of aromatic hydroxyl groups is 1. The molecule has 3 rings (SSSR count). The van der Waals surface area contributed by atoms with Crippen LogP contribution in [0.2, 0.25) is 0 Å². The van der Waals surface area contributed by atoms with Gasteiger partial charge in [-0.1, -0.05) is 30.3 Å². The fraction of sp³-hybridized carbons (Fsp3) is 0.321. The summed E-state index contributed by atoms with van der Waals surface area (Å²) in [5.74, 6) is -4.02. The number of carboxylic acids is 1. The van der Waals surface area contributed by atoms with Crippen LogP contribution >= 0.6 is 0 Å². The monoisotopic (exact) mass is 566 g/mol. The van der Waals surface area contributed by atoms with Gasteiger partial charge in [0.2, 0.25) is 23.6 Å². The first-order chi connectivity index (χ1) is 19.4. The first kappa shape index (κ1) is 30.6. The Balaban J connectivity index is 1.68. The van der Waals surface area contributed by atoms with Crippen molar-refractivity contribution in [1.29, 1.82) is 0 Å². The molecule has 13 heteroatoms. The molecule has 1 aromatic heterocycles. The van der Waals surface area contributed by atoms with E-state index in [0.29, 0.717) is 11.1 Å². The number of aliphatic carboxylic acids is 1. The summed E-state index contributed by atoms with van der Waals surface area (Å²) in [5.41, 5.74) is 13.1. The number of amides is 4. The van der Waals surface area contributed by atoms with Crippen LogP contribution < -0.4 is 27.4 Å². The molecule has 2 aromatic carbocycles. The van der Waals surface area contributed by atoms with Crippen molar-refractivity contribution in [2.45, 2.75) is 56.8 Å². The Labute approximate surface area is 235 Å². The number of aromatic amines is 1. The summed E-state index contributed by atoms with van der Waals surface area (Å²) in [6, 6.07) is 8.60. The summed E-state index contributed by atoms with van der Waals surface area (Å²) in [6.45, 7) is 1.38. The van der Waals surface area contributed by atoms with Gasteiger partial charge in [0.15, 0.2) is 0 Å². The van der Waals surface area contributed by atoms with Crippen molar-refractivity contribution < 1.29 is 34.2 Å². The maximum absolute atomic E-state index is 13.2. The number of aromatic nitrogens is 1. The van der Waals surface area contributed by atoms with E-state index >= 15 is 0 Å². The molecule has 4 unspecified atom stereocenters. The van der Waals surface area contributed by atoms with Gasteiger partial charge in [0.05, 0.1) is 6.04 Å². The molecule has 0 radical (unpaired) electrons. The zero-order chi connectivity index (χ0) is 30.1. The van der Waals surface area contributed by atoms with Gasteiger partial charge in [0.25, 0.3) is 0 Å². The molecule has 1 heterocycles. The predicted molar refractivity (Wildman–Crippen MR) is 149 cm³/mol. The lowest BCUT2D eigenvalue weighted by molar-refractivity contribution is -0.142. The molecule has 218 valence electrons. The number of hydrogen-bond acceptors (Lipinski definition) is 7. The lowest BCUT2D eigenvalue weighted by atomic mass is 10.0. The van der Waals surface area contributed by atoms with Crippen molar-refractivity contribution in [2.75, 3.05) is 0 Å². The van der Waals surface area contributed by atoms with E-state index in [1.165, 1.54) is 19.1 Å². The lowest BCUT2D eigenvalue weighted by Crippen LogP contribution is -2.57. The second kappa shape index (κ2) is 13.9. The van der Waals surface area contributed by atoms with Crippen LogP contribution in [0.15, 0.2) is 54.7 Å². The number of para-hydroxylation sites is 1. The number of carbonyl (C=O) groups is 5. The van der Waals surface area contributed by atoms with E-state index in [2.05, 4.69) is 20.9 Å². The third kappa shape index (κ3) is 8.80. The fourth-order valence-electron chi connectivity index (χ4n) is 4.18. The smallest absolute Gasteiger partial charge is 0.326 e. The average Bonchev–Trinajstić information content (AvgIpc) is 3.34. The Morgan fingerprint density at radius 3 is 2.20 bits per heavy atom. The van der Waals surface area contributed by atoms with E-state index in [9.17, 15) is 34.2 Å². The van der Waals surface area contributed by atoms with Gasteiger partial charge >= 0.3 is 5.97 Å². The van der Waals surface area contributed by atoms with Gasteiger partial charge in [-0.3, -0.25) is 19.2 Å². The van der Waals surface area contributed by atoms with Gasteiger partial charge in [-0.05, 0) is 42.7 Å². The first-order valence-electron chi connectivity index (χ1n) is 12.9. The third-order valence-corrected chi connectivity index (χ3v) is 6.51. The number of hydrogen-bond donors (Lipinski definition) is 8. The zero-order valence-corrected chi connectivity index (χ0v) is 22.4. The maximum atomic E-state index is 13.2. The largest absolute Gasteiger partial charge is 0.508 e. The fourth-order valence-corrected chi connectivity index (χ4v) is 4.18. The molecule has 0 saturated heterocycles. The zero-order valence-electron chi connectivity index (χ0n) is 22.4. The normalized spacial score (nSPS) is 13.9. The minimum Gasteiger partial charge on any atom is -0.508 e. The van der Waals surface area contributed by atoms with E-state index in [1.807, 2.05) is 24.3 Å². The van der Waals surface area contributed by atoms with Crippen molar-refractivity contribution >= 4 is 40.5 Å². The predicted octanol–water partition coefficient (Wildman–Crippen LogP) is -0.190. The standard InChI is InChI=1S/C28H34N6O7/c1-15(25(37)34-23(28(40)41)13-17-14-31-21-5-3-2-4-19(17)21)32-27(39)22(12-16-6-8-18(35)9-7-16)33-26(38)20(29)10-11-24(30)36/h2-9,14-15,20,22-23,31,35H,10-13,29H2,1H3,(H2,30,36)(H,32,39)(H,33,38)(H,34,37)(H,40,41). The second-order valence-corrected chi connectivity index (χ2v) is 9.74. The van der Waals surface area contributed by atoms with Crippen LogP contribution in [0, 0.1) is 0 Å². The highest BCUT2D eigenvalue weighted by atomic mass is 16.4. The number of fused-ring (bicyclic) bond motifs is 1. The summed E-state index contributed by atoms with van der Waals surface area (Å²) >= 11 is 0. The summed E-state index contributed by atoms with van der Waals surface area (Å²) in [4.78, 5) is 64.8. The van der Waals surface area contributed by atoms with Gasteiger partial charge in [0.1, 0.15) is 23.9 Å². The Kier molecular flexibility index (Phi) is 10.4. The third-order valence-electron chi connectivity index (χ3n) is 6.51. The van der Waals surface area contributed by atoms with Crippen molar-refractivity contribution in [1.82, 2.24) is 20.9 Å². The van der Waals surface area contributed by atoms with Crippen molar-refractivity contribution in [3.63, 3.8) is 0 Å². The summed E-state index contributed by atoms with van der Waals surface area (Å²) in [7, 11) is 0. The number of H-pyrrole nitrogens is 1. The van der Waals surface area contributed by atoms with Gasteiger partial charge in [-0.2, -0.15) is 0 Å². The molecule has 0 fully saturated rings. The number of carbonyl (C=O) groups excluding carboxylic acids is 4. The van der Waals surface area contributed by atoms with Crippen molar-refractivity contribution in [2.24, 2.45) is 11.5 Å². The van der Waals surface area contributed by atoms with Crippen molar-refractivity contribution in [3.8, 4) is 5.75 Å². The summed E-state index contributed by atoms with van der Waals surface area (Å²) < 4.78 is 0. The number of nitrogens with two attached hydrogens (primary N) is 2. The SMILES string of the molecule is CC(NC(=O)C(Cc1ccc(O)cc1)NC(=O)C(N)CCC(N)=O)C(=O)NC(Cc1c[nH]c2ccccc12)C(=O)O. The van der Waals surface area contributed by atoms with Gasteiger partial charge < -0.3 is 42.6 Å². The Bertz CT molecular complexity index is 1400. The molecule has 0 spiro atoms. The van der Waals surface area contributed by atoms with E-state index in [0.717, 1.165) is 10.9 Å². The Morgan fingerprint density at radius 1 is 0.878 bits per heavy atom. The quantitative estimate of drug-likeness (QED) is 0.130. The van der Waals surface area contributed by atoms with E-state index < -0.39 is 53.8 Å². The van der Waals surface area contributed by atoms with Crippen LogP contribution in [0.5, 0.6) is 5.75 Å². The van der Waals surface area contributed by atoms with E-state index in [1.54, 1.807) is 18.3 Å². The van der Waals surface area contributed by atoms with E-state index in [4.69, 9.17) is 11.5 Å². The highest BCUT2D eigenvalue weighted by Crippen LogP contribution is 2.19. The minimum absolute atomic E-state index is 0.00690. The summed E-state index contributed by atoms with van der Waals surface area (Å²) in [5, 5.41) is 27.6. The molecule has 0 aliphatic rings. The second-order valence-electron chi connectivity index (χ2n) is 9.74. The molecule has 41 heavy (non-hydrogen) atoms. The molecule has 0 aliphatic carbocycles. The molecule has 10 N–H and O–H groups in total. The molecule has 4 atom stereocenters. The molecule has 3 aromatic rings. The number of phenols is 1. The maximum Gasteiger partial charge on any atom is 0.326 e. The van der Waals surface area contributed by atoms with Crippen LogP contribution in [-0.2, 0) is 36.8 Å². The highest BCUT2D eigenvalue weighted by Gasteiger charge is 2.29. The number of carboxylic acid groups (broad SMARTS) is 1. The summed E-state index contributed by atoms with van der Waals surface area (Å²) in [6.07, 6.45) is 1.54. The van der Waals surface area contributed by atoms with Crippen LogP contribution in [0.3, 0.4) is 0 Å². The van der Waals surface area contributed by atoms with Gasteiger partial charge in [-0.15, -0.1) is 0 Å². The van der Waals surface area contributed by atoms with Crippen LogP contribution in [-0.4, -0.2) is 69.0 Å². The molecular formula is C28H34N6O7. The average molecular weight is 567 g/mol. The number of phenolic OH excluding ortho intramolecular Hbond substituents is 1. The Hall–Kier alpha value is -4.91. The molecule has 4 amide bonds. The topological polar surface area (TPSA) is 230 Å². The van der Waals surface area contributed by atoms with Crippen LogP contribution in [0.25, 0.3) is 10.9 Å². The lowest BCUT2D eigenvalue weighted by Gasteiger charge is -2.23. The number of nitrogens with one attached hydrogen (secondary N) is 4. The number of benzene rings is 2.